The highest BCUT2D eigenvalue weighted by Crippen LogP contribution is 2.68. The number of ketones is 1. The standard InChI is InChI=1S/C32H47N3O6S2/c1-6-30(4)15-24(31(5)20(2)7-9-32(21(3)28(30)39)10-8-23(36)27(31)32)41-26(38)19-42-17-22-18-43-29(33-22)34-25(37)16-35-11-13-40-14-12-35/h6,18,20-21,24,27-28,39H,1,7-17,19H2,2-5H3,(H,33,34,37)/t20?,21-,24+,27?,28-,30+,31-,32?/m0/s1. The molecular weight excluding hydrogens is 587 g/mol. The van der Waals surface area contributed by atoms with Crippen LogP contribution in [0.2, 0.25) is 0 Å². The van der Waals surface area contributed by atoms with Gasteiger partial charge in [-0.25, -0.2) is 4.98 Å². The van der Waals surface area contributed by atoms with Crippen LogP contribution in [0.5, 0.6) is 0 Å². The number of anilines is 1. The number of nitrogens with one attached hydrogen (secondary N) is 1. The number of nitrogens with zero attached hydrogens (tertiary/aromatic N) is 2. The maximum Gasteiger partial charge on any atom is 0.316 e. The molecule has 9 nitrogen and oxygen atoms in total. The van der Waals surface area contributed by atoms with E-state index in [-0.39, 0.29) is 46.6 Å². The van der Waals surface area contributed by atoms with Gasteiger partial charge in [0.05, 0.1) is 37.3 Å². The summed E-state index contributed by atoms with van der Waals surface area (Å²) in [6, 6.07) is 0. The normalized spacial score (nSPS) is 38.1. The van der Waals surface area contributed by atoms with E-state index in [4.69, 9.17) is 9.47 Å². The van der Waals surface area contributed by atoms with Gasteiger partial charge >= 0.3 is 5.97 Å². The number of amides is 1. The van der Waals surface area contributed by atoms with Gasteiger partial charge in [0.15, 0.2) is 5.13 Å². The Morgan fingerprint density at radius 1 is 1.30 bits per heavy atom. The van der Waals surface area contributed by atoms with Crippen LogP contribution >= 0.6 is 23.1 Å². The molecule has 5 rings (SSSR count). The Labute approximate surface area is 263 Å². The Balaban J connectivity index is 1.23. The summed E-state index contributed by atoms with van der Waals surface area (Å²) in [4.78, 5) is 45.9. The molecule has 0 aromatic carbocycles. The van der Waals surface area contributed by atoms with Crippen molar-refractivity contribution in [3.63, 3.8) is 0 Å². The molecule has 11 heteroatoms. The Hall–Kier alpha value is -1.79. The van der Waals surface area contributed by atoms with Gasteiger partial charge in [-0.15, -0.1) is 29.7 Å². The van der Waals surface area contributed by atoms with Gasteiger partial charge in [-0.1, -0.05) is 33.8 Å². The third kappa shape index (κ3) is 6.21. The number of carbonyl (C=O) groups excluding carboxylic acids is 3. The summed E-state index contributed by atoms with van der Waals surface area (Å²) in [6.45, 7) is 15.6. The molecule has 43 heavy (non-hydrogen) atoms. The second kappa shape index (κ2) is 12.9. The van der Waals surface area contributed by atoms with Crippen LogP contribution in [0.1, 0.15) is 65.5 Å². The number of morpholine rings is 1. The van der Waals surface area contributed by atoms with E-state index in [2.05, 4.69) is 42.6 Å². The first-order chi connectivity index (χ1) is 20.4. The van der Waals surface area contributed by atoms with Gasteiger partial charge in [0, 0.05) is 47.4 Å². The average molecular weight is 634 g/mol. The molecule has 2 bridgehead atoms. The minimum atomic E-state index is -0.680. The summed E-state index contributed by atoms with van der Waals surface area (Å²) in [5.41, 5.74) is -0.667. The van der Waals surface area contributed by atoms with Crippen LogP contribution in [0.15, 0.2) is 18.0 Å². The Morgan fingerprint density at radius 3 is 2.77 bits per heavy atom. The molecule has 3 saturated carbocycles. The lowest BCUT2D eigenvalue weighted by molar-refractivity contribution is -0.205. The molecule has 1 aliphatic heterocycles. The van der Waals surface area contributed by atoms with Gasteiger partial charge in [0.1, 0.15) is 11.9 Å². The van der Waals surface area contributed by atoms with Crippen molar-refractivity contribution in [3.8, 4) is 0 Å². The molecule has 1 saturated heterocycles. The number of aliphatic hydroxyl groups excluding tert-OH is 1. The number of thioether (sulfide) groups is 1. The summed E-state index contributed by atoms with van der Waals surface area (Å²) in [5.74, 6) is 0.383. The molecule has 2 heterocycles. The van der Waals surface area contributed by atoms with Gasteiger partial charge < -0.3 is 19.9 Å². The SMILES string of the molecule is C=C[C@]1(C)C[C@@H](OC(=O)CSCc2csc(NC(=O)CN3CCOCC3)n2)[C@]2(C)C(C)CCC3(CCC(=O)C32)[C@@H](C)[C@@H]1O. The van der Waals surface area contributed by atoms with E-state index in [1.807, 2.05) is 18.4 Å². The third-order valence-corrected chi connectivity index (χ3v) is 13.1. The highest BCUT2D eigenvalue weighted by Gasteiger charge is 2.68. The predicted molar refractivity (Wildman–Crippen MR) is 169 cm³/mol. The number of Topliss-reactive ketones (excluding diaryl/α,β-unsaturated/α-hetero) is 1. The number of esters is 1. The van der Waals surface area contributed by atoms with Crippen LogP contribution in [-0.2, 0) is 29.6 Å². The van der Waals surface area contributed by atoms with Crippen molar-refractivity contribution in [2.24, 2.45) is 34.0 Å². The lowest BCUT2D eigenvalue weighted by atomic mass is 9.44. The number of aromatic nitrogens is 1. The first-order valence-corrected chi connectivity index (χ1v) is 17.6. The highest BCUT2D eigenvalue weighted by molar-refractivity contribution is 7.99. The summed E-state index contributed by atoms with van der Waals surface area (Å²) in [7, 11) is 0. The number of ether oxygens (including phenoxy) is 2. The van der Waals surface area contributed by atoms with Crippen molar-refractivity contribution in [1.82, 2.24) is 9.88 Å². The number of rotatable bonds is 9. The van der Waals surface area contributed by atoms with E-state index in [9.17, 15) is 19.5 Å². The first kappa shape index (κ1) is 32.6. The number of carbonyl (C=O) groups is 3. The van der Waals surface area contributed by atoms with E-state index in [1.165, 1.54) is 23.1 Å². The fourth-order valence-corrected chi connectivity index (χ4v) is 10.0. The van der Waals surface area contributed by atoms with E-state index in [1.54, 1.807) is 0 Å². The van der Waals surface area contributed by atoms with Gasteiger partial charge in [-0.3, -0.25) is 19.3 Å². The van der Waals surface area contributed by atoms with Crippen molar-refractivity contribution < 1.29 is 29.0 Å². The predicted octanol–water partition coefficient (Wildman–Crippen LogP) is 4.55. The Kier molecular flexibility index (Phi) is 9.78. The maximum atomic E-state index is 13.6. The fraction of sp³-hybridized carbons (Fsp3) is 0.750. The topological polar surface area (TPSA) is 118 Å². The molecule has 1 aromatic rings. The van der Waals surface area contributed by atoms with Crippen molar-refractivity contribution in [1.29, 1.82) is 0 Å². The van der Waals surface area contributed by atoms with E-state index >= 15 is 0 Å². The molecule has 4 fully saturated rings. The molecule has 1 aromatic heterocycles. The van der Waals surface area contributed by atoms with Crippen molar-refractivity contribution in [2.75, 3.05) is 43.9 Å². The molecule has 1 amide bonds. The summed E-state index contributed by atoms with van der Waals surface area (Å²) < 4.78 is 11.7. The lowest BCUT2D eigenvalue weighted by Gasteiger charge is -2.61. The molecule has 2 N–H and O–H groups in total. The summed E-state index contributed by atoms with van der Waals surface area (Å²) >= 11 is 2.79. The van der Waals surface area contributed by atoms with Crippen LogP contribution in [0.4, 0.5) is 5.13 Å². The van der Waals surface area contributed by atoms with Gasteiger partial charge in [0.25, 0.3) is 0 Å². The van der Waals surface area contributed by atoms with Crippen LogP contribution < -0.4 is 5.32 Å². The fourth-order valence-electron chi connectivity index (χ4n) is 8.48. The number of aliphatic hydroxyl groups is 1. The number of hydrogen-bond donors (Lipinski definition) is 2. The maximum absolute atomic E-state index is 13.6. The van der Waals surface area contributed by atoms with Crippen molar-refractivity contribution in [3.05, 3.63) is 23.7 Å². The zero-order chi connectivity index (χ0) is 31.0. The van der Waals surface area contributed by atoms with E-state index in [0.717, 1.165) is 38.0 Å². The van der Waals surface area contributed by atoms with Crippen molar-refractivity contribution in [2.45, 2.75) is 77.8 Å². The highest BCUT2D eigenvalue weighted by atomic mass is 32.2. The van der Waals surface area contributed by atoms with E-state index < -0.39 is 23.0 Å². The quantitative estimate of drug-likeness (QED) is 0.298. The first-order valence-electron chi connectivity index (χ1n) is 15.6. The second-order valence-corrected chi connectivity index (χ2v) is 15.5. The monoisotopic (exact) mass is 633 g/mol. The minimum absolute atomic E-state index is 0.0573. The van der Waals surface area contributed by atoms with Crippen LogP contribution in [0.25, 0.3) is 0 Å². The molecule has 3 aliphatic carbocycles. The number of hydrogen-bond acceptors (Lipinski definition) is 10. The van der Waals surface area contributed by atoms with Crippen LogP contribution in [-0.4, -0.2) is 83.5 Å². The average Bonchev–Trinajstić information content (AvgIpc) is 3.58. The summed E-state index contributed by atoms with van der Waals surface area (Å²) in [5, 5.41) is 17.0. The van der Waals surface area contributed by atoms with Crippen LogP contribution in [0.3, 0.4) is 0 Å². The van der Waals surface area contributed by atoms with Gasteiger partial charge in [0.2, 0.25) is 5.91 Å². The molecule has 238 valence electrons. The Bertz CT molecular complexity index is 1220. The molecule has 0 spiro atoms. The largest absolute Gasteiger partial charge is 0.461 e. The molecule has 0 radical (unpaired) electrons. The zero-order valence-electron chi connectivity index (χ0n) is 25.9. The molecule has 8 atom stereocenters. The minimum Gasteiger partial charge on any atom is -0.461 e. The van der Waals surface area contributed by atoms with Gasteiger partial charge in [-0.2, -0.15) is 0 Å². The molecule has 3 unspecified atom stereocenters. The summed E-state index contributed by atoms with van der Waals surface area (Å²) in [6.07, 6.45) is 4.21. The molecule has 4 aliphatic rings. The smallest absolute Gasteiger partial charge is 0.316 e. The number of thiazole rings is 1. The van der Waals surface area contributed by atoms with E-state index in [0.29, 0.717) is 43.5 Å². The third-order valence-electron chi connectivity index (χ3n) is 11.3. The Morgan fingerprint density at radius 2 is 2.05 bits per heavy atom. The van der Waals surface area contributed by atoms with Crippen molar-refractivity contribution >= 4 is 45.9 Å². The van der Waals surface area contributed by atoms with Gasteiger partial charge in [-0.05, 0) is 42.9 Å². The zero-order valence-corrected chi connectivity index (χ0v) is 27.6. The van der Waals surface area contributed by atoms with Crippen LogP contribution in [0, 0.1) is 34.0 Å². The second-order valence-electron chi connectivity index (χ2n) is 13.6. The lowest BCUT2D eigenvalue weighted by Crippen LogP contribution is -2.63. The molecular formula is C32H47N3O6S2.